The van der Waals surface area contributed by atoms with Gasteiger partial charge in [-0.3, -0.25) is 0 Å². The van der Waals surface area contributed by atoms with E-state index in [1.165, 1.54) is 63.4 Å². The maximum atomic E-state index is 6.00. The van der Waals surface area contributed by atoms with Crippen molar-refractivity contribution in [1.82, 2.24) is 0 Å². The van der Waals surface area contributed by atoms with E-state index in [0.29, 0.717) is 5.92 Å². The number of hydrogen-bond acceptors (Lipinski definition) is 1. The highest BCUT2D eigenvalue weighted by Crippen LogP contribution is 2.26. The van der Waals surface area contributed by atoms with Crippen LogP contribution < -0.4 is 0 Å². The third-order valence-electron chi connectivity index (χ3n) is 4.53. The molecule has 0 spiro atoms. The first-order valence-electron chi connectivity index (χ1n) is 9.46. The van der Waals surface area contributed by atoms with Crippen LogP contribution >= 0.6 is 0 Å². The maximum Gasteiger partial charge on any atom is 0.108 e. The zero-order chi connectivity index (χ0) is 16.2. The summed E-state index contributed by atoms with van der Waals surface area (Å²) >= 11 is 0. The van der Waals surface area contributed by atoms with E-state index in [4.69, 9.17) is 4.42 Å². The molecule has 0 radical (unpaired) electrons. The molecule has 0 bridgehead atoms. The number of hydrogen-bond donors (Lipinski definition) is 0. The molecule has 0 saturated heterocycles. The van der Waals surface area contributed by atoms with E-state index in [0.717, 1.165) is 24.4 Å². The van der Waals surface area contributed by atoms with Gasteiger partial charge in [-0.2, -0.15) is 0 Å². The Labute approximate surface area is 138 Å². The largest absolute Gasteiger partial charge is 0.466 e. The van der Waals surface area contributed by atoms with Gasteiger partial charge in [-0.05, 0) is 37.3 Å². The molecule has 0 saturated carbocycles. The van der Waals surface area contributed by atoms with Gasteiger partial charge in [0.05, 0.1) is 0 Å². The van der Waals surface area contributed by atoms with E-state index in [1.54, 1.807) is 0 Å². The highest BCUT2D eigenvalue weighted by Gasteiger charge is 2.14. The lowest BCUT2D eigenvalue weighted by molar-refractivity contribution is 0.436. The van der Waals surface area contributed by atoms with E-state index in [2.05, 4.69) is 39.5 Å². The molecular weight excluding hydrogens is 268 g/mol. The van der Waals surface area contributed by atoms with Crippen LogP contribution in [0.2, 0.25) is 0 Å². The zero-order valence-electron chi connectivity index (χ0n) is 15.1. The molecule has 0 aliphatic rings. The van der Waals surface area contributed by atoms with E-state index in [9.17, 15) is 0 Å². The normalized spacial score (nSPS) is 11.3. The van der Waals surface area contributed by atoms with Gasteiger partial charge in [0.25, 0.3) is 0 Å². The number of furan rings is 1. The minimum Gasteiger partial charge on any atom is -0.466 e. The van der Waals surface area contributed by atoms with Gasteiger partial charge in [-0.25, -0.2) is 0 Å². The van der Waals surface area contributed by atoms with Crippen molar-refractivity contribution in [1.29, 1.82) is 0 Å². The van der Waals surface area contributed by atoms with Crippen LogP contribution in [-0.2, 0) is 12.8 Å². The summed E-state index contributed by atoms with van der Waals surface area (Å²) in [6.45, 7) is 11.2. The molecule has 22 heavy (non-hydrogen) atoms. The van der Waals surface area contributed by atoms with Gasteiger partial charge < -0.3 is 4.42 Å². The van der Waals surface area contributed by atoms with Crippen LogP contribution in [0.5, 0.6) is 0 Å². The van der Waals surface area contributed by atoms with E-state index in [1.807, 2.05) is 0 Å². The number of rotatable bonds is 13. The standard InChI is InChI=1S/C21H36O/c1-5-8-11-14-20-15-16-21(22-20)17-18(4)19(12-9-6-2)13-10-7-3/h15-16,19H,4-14,17H2,1-3H3. The Morgan fingerprint density at radius 2 is 1.50 bits per heavy atom. The zero-order valence-corrected chi connectivity index (χ0v) is 15.1. The summed E-state index contributed by atoms with van der Waals surface area (Å²) in [5.74, 6) is 2.93. The van der Waals surface area contributed by atoms with Crippen LogP contribution in [0.4, 0.5) is 0 Å². The van der Waals surface area contributed by atoms with Gasteiger partial charge in [0.15, 0.2) is 0 Å². The molecule has 0 aliphatic carbocycles. The Hall–Kier alpha value is -0.980. The quantitative estimate of drug-likeness (QED) is 0.279. The van der Waals surface area contributed by atoms with Crippen LogP contribution in [0.25, 0.3) is 0 Å². The summed E-state index contributed by atoms with van der Waals surface area (Å²) in [5, 5.41) is 0. The third-order valence-corrected chi connectivity index (χ3v) is 4.53. The smallest absolute Gasteiger partial charge is 0.108 e. The summed E-state index contributed by atoms with van der Waals surface area (Å²) in [4.78, 5) is 0. The van der Waals surface area contributed by atoms with Crippen molar-refractivity contribution >= 4 is 0 Å². The second-order valence-electron chi connectivity index (χ2n) is 6.64. The molecule has 0 fully saturated rings. The summed E-state index contributed by atoms with van der Waals surface area (Å²) < 4.78 is 6.00. The van der Waals surface area contributed by atoms with Crippen molar-refractivity contribution in [2.24, 2.45) is 5.92 Å². The van der Waals surface area contributed by atoms with Crippen LogP contribution in [-0.4, -0.2) is 0 Å². The van der Waals surface area contributed by atoms with Gasteiger partial charge in [0.2, 0.25) is 0 Å². The first-order valence-corrected chi connectivity index (χ1v) is 9.46. The van der Waals surface area contributed by atoms with Crippen molar-refractivity contribution in [2.45, 2.75) is 91.4 Å². The van der Waals surface area contributed by atoms with Crippen molar-refractivity contribution in [3.05, 3.63) is 35.8 Å². The molecule has 0 amide bonds. The minimum absolute atomic E-state index is 0.675. The highest BCUT2D eigenvalue weighted by molar-refractivity contribution is 5.15. The van der Waals surface area contributed by atoms with Gasteiger partial charge in [-0.15, -0.1) is 0 Å². The second-order valence-corrected chi connectivity index (χ2v) is 6.64. The molecule has 1 heterocycles. The monoisotopic (exact) mass is 304 g/mol. The first kappa shape index (κ1) is 19.1. The lowest BCUT2D eigenvalue weighted by Crippen LogP contribution is -2.06. The maximum absolute atomic E-state index is 6.00. The van der Waals surface area contributed by atoms with Crippen molar-refractivity contribution in [2.75, 3.05) is 0 Å². The number of aryl methyl sites for hydroxylation is 1. The van der Waals surface area contributed by atoms with Gasteiger partial charge in [0, 0.05) is 12.8 Å². The predicted molar refractivity (Wildman–Crippen MR) is 97.3 cm³/mol. The Balaban J connectivity index is 2.49. The molecule has 0 aromatic carbocycles. The lowest BCUT2D eigenvalue weighted by atomic mass is 9.87. The summed E-state index contributed by atoms with van der Waals surface area (Å²) in [5.41, 5.74) is 1.37. The van der Waals surface area contributed by atoms with Crippen molar-refractivity contribution < 1.29 is 4.42 Å². The summed E-state index contributed by atoms with van der Waals surface area (Å²) in [7, 11) is 0. The topological polar surface area (TPSA) is 13.1 Å². The van der Waals surface area contributed by atoms with Crippen LogP contribution in [0.1, 0.15) is 90.1 Å². The Morgan fingerprint density at radius 3 is 2.09 bits per heavy atom. The average molecular weight is 305 g/mol. The van der Waals surface area contributed by atoms with Gasteiger partial charge in [-0.1, -0.05) is 71.4 Å². The predicted octanol–water partition coefficient (Wildman–Crippen LogP) is 7.11. The van der Waals surface area contributed by atoms with E-state index < -0.39 is 0 Å². The minimum atomic E-state index is 0.675. The molecule has 126 valence electrons. The van der Waals surface area contributed by atoms with Crippen LogP contribution in [0.3, 0.4) is 0 Å². The van der Waals surface area contributed by atoms with Gasteiger partial charge >= 0.3 is 0 Å². The lowest BCUT2D eigenvalue weighted by Gasteiger charge is -2.18. The molecule has 1 aromatic heterocycles. The molecule has 0 unspecified atom stereocenters. The Bertz CT molecular complexity index is 394. The summed E-state index contributed by atoms with van der Waals surface area (Å²) in [6, 6.07) is 4.31. The number of unbranched alkanes of at least 4 members (excludes halogenated alkanes) is 4. The molecule has 1 heteroatoms. The second kappa shape index (κ2) is 11.6. The molecule has 0 N–H and O–H groups in total. The molecule has 1 rings (SSSR count). The Kier molecular flexibility index (Phi) is 10.0. The average Bonchev–Trinajstić information content (AvgIpc) is 2.95. The fourth-order valence-electron chi connectivity index (χ4n) is 3.02. The third kappa shape index (κ3) is 7.33. The van der Waals surface area contributed by atoms with Crippen LogP contribution in [0, 0.1) is 5.92 Å². The highest BCUT2D eigenvalue weighted by atomic mass is 16.3. The molecule has 1 nitrogen and oxygen atoms in total. The van der Waals surface area contributed by atoms with Crippen molar-refractivity contribution in [3.63, 3.8) is 0 Å². The van der Waals surface area contributed by atoms with E-state index >= 15 is 0 Å². The van der Waals surface area contributed by atoms with Gasteiger partial charge in [0.1, 0.15) is 11.5 Å². The first-order chi connectivity index (χ1) is 10.7. The molecule has 0 atom stereocenters. The molecular formula is C21H36O. The fraction of sp³-hybridized carbons (Fsp3) is 0.714. The van der Waals surface area contributed by atoms with Crippen molar-refractivity contribution in [3.8, 4) is 0 Å². The SMILES string of the molecule is C=C(Cc1ccc(CCCCC)o1)C(CCCC)CCCC. The van der Waals surface area contributed by atoms with E-state index in [-0.39, 0.29) is 0 Å². The van der Waals surface area contributed by atoms with Crippen LogP contribution in [0.15, 0.2) is 28.7 Å². The fourth-order valence-corrected chi connectivity index (χ4v) is 3.02. The summed E-state index contributed by atoms with van der Waals surface area (Å²) in [6.07, 6.45) is 13.6. The molecule has 1 aromatic rings. The molecule has 0 aliphatic heterocycles. The Morgan fingerprint density at radius 1 is 0.909 bits per heavy atom. The number of allylic oxidation sites excluding steroid dienone is 1.